The molecule has 5 aliphatic carbocycles. The molecule has 9 fully saturated rings. The molecule has 7 aliphatic heterocycles. The van der Waals surface area contributed by atoms with E-state index in [-0.39, 0.29) is 81.6 Å². The van der Waals surface area contributed by atoms with E-state index < -0.39 is 344 Å². The van der Waals surface area contributed by atoms with Gasteiger partial charge in [-0.25, -0.2) is 0 Å². The van der Waals surface area contributed by atoms with E-state index in [0.717, 1.165) is 21.3 Å². The van der Waals surface area contributed by atoms with E-state index >= 15 is 19.2 Å². The molecule has 7 heterocycles. The SMILES string of the molecule is CCC[C@]1(O)[C@H](O[C@H]2CC[C@H](O[C@H]3CC[C@@](O)(C(C)=O)[C@H](C)O3)[C@H](C)O2)[C@@H](O)[C@H](O[C@H]2C[C@H](O)[C@@H](O)[C@H](C)O2)[C@@H]2Cc3cc4c(OC)c(OC)c(C5=C(OC)C(=O)c6c(O)c7c(c(O)c6C5=O)C(=O)[C@@]5(O)[C@@H]6[C@@H](O[C@H]8C[C@@H](O)[C@@H](O)[C@H](C)O8)[C@H](O)[C@@H](O[C@H]8CC[C@H](O[C@H]9CC[C@](O)(C(C)=O)[C@H](C)O9)[C@@H](C)O8)[C@@]5(CCC)O[C@H]76)c(O)c4c(O)c3C(=O)[C@]21O. The quantitative estimate of drug-likeness (QED) is 0.0642. The number of phenolic OH excluding ortho intramolecular Hbond substituents is 4. The Morgan fingerprint density at radius 3 is 1.44 bits per heavy atom. The zero-order chi connectivity index (χ0) is 88.5. The summed E-state index contributed by atoms with van der Waals surface area (Å²) in [6, 6.07) is 1.25. The lowest BCUT2D eigenvalue weighted by atomic mass is 9.53. The average Bonchev–Trinajstić information content (AvgIpc) is 1.52. The standard InChI is InChI=1S/C85H112O37/c1-14-22-82(104)78(120-45-18-16-43(30(3)110-45)116-47-20-24-80(102,34(7)86)36(9)114-47)68(98)71(118-49-28-41(88)60(90)32(5)112-49)40-27-38-26-39-52(62(92)51(38)76(100)84(40,82)105)63(93)56(74(109-13)70(39)107-11)55-64(94)53-54(67(97)73(55)108-12)65(95)57-58(66(53)96)77(101)85(106)59-72(57)122-83(85,23-15-2)79(69(99)75(59)119-50-29-42(89)61(91)33(6)113-50)121-46-19-17-44(31(4)111-46)117-48-21-25-81(103,35(8)87)37(10)115-48/h26,30-33,36-37,40-50,59-61,68-69,71-72,75,78-79,88-93,95-96,98-99,102-106H,14-25,27-29H2,1-13H3/t30-,31+,32-,33-,36-,37-,40-,41-,42+,43-,44-,45-,46-,47-,48-,49-,50-,59-,60-,61-,68-,69-,71+,72+,75+,78+,79+,80+,81-,82-,83+,84+,85-/m0/s1. The Morgan fingerprint density at radius 2 is 0.959 bits per heavy atom. The first-order valence-electron chi connectivity index (χ1n) is 42.0. The van der Waals surface area contributed by atoms with Crippen molar-refractivity contribution in [1.82, 2.24) is 0 Å². The number of phenols is 4. The number of aliphatic hydroxyl groups excluding tert-OH is 6. The zero-order valence-corrected chi connectivity index (χ0v) is 70.0. The molecule has 33 atom stereocenters. The van der Waals surface area contributed by atoms with Crippen LogP contribution >= 0.6 is 0 Å². The molecule has 3 aromatic carbocycles. The van der Waals surface area contributed by atoms with Gasteiger partial charge in [0, 0.05) is 55.4 Å². The van der Waals surface area contributed by atoms with Crippen molar-refractivity contribution in [1.29, 1.82) is 0 Å². The van der Waals surface area contributed by atoms with E-state index in [1.165, 1.54) is 33.8 Å². The maximum Gasteiger partial charge on any atom is 0.232 e. The van der Waals surface area contributed by atoms with Crippen molar-refractivity contribution in [3.63, 3.8) is 0 Å². The second kappa shape index (κ2) is 32.9. The monoisotopic (exact) mass is 1720 g/mol. The zero-order valence-electron chi connectivity index (χ0n) is 70.0. The Labute approximate surface area is 700 Å². The van der Waals surface area contributed by atoms with E-state index in [4.69, 9.17) is 75.8 Å². The van der Waals surface area contributed by atoms with Crippen LogP contribution in [0.1, 0.15) is 223 Å². The highest BCUT2D eigenvalue weighted by Crippen LogP contribution is 2.69. The van der Waals surface area contributed by atoms with Gasteiger partial charge in [0.05, 0.1) is 145 Å². The lowest BCUT2D eigenvalue weighted by Crippen LogP contribution is -2.80. The molecule has 0 unspecified atom stereocenters. The van der Waals surface area contributed by atoms with Crippen LogP contribution in [0.4, 0.5) is 0 Å². The van der Waals surface area contributed by atoms with Gasteiger partial charge >= 0.3 is 0 Å². The molecule has 3 aromatic rings. The van der Waals surface area contributed by atoms with Gasteiger partial charge in [0.15, 0.2) is 77.8 Å². The van der Waals surface area contributed by atoms with Gasteiger partial charge in [-0.1, -0.05) is 26.7 Å². The van der Waals surface area contributed by atoms with Gasteiger partial charge in [-0.05, 0) is 112 Å². The van der Waals surface area contributed by atoms with Crippen molar-refractivity contribution in [2.45, 2.75) is 353 Å². The normalized spacial score (nSPS) is 43.2. The summed E-state index contributed by atoms with van der Waals surface area (Å²) < 4.78 is 101. The van der Waals surface area contributed by atoms with Gasteiger partial charge in [-0.3, -0.25) is 28.8 Å². The summed E-state index contributed by atoms with van der Waals surface area (Å²) in [5.41, 5.74) is -21.6. The molecule has 4 bridgehead atoms. The number of fused-ring (bicyclic) bond motifs is 6. The minimum Gasteiger partial charge on any atom is -0.507 e. The molecule has 12 aliphatic rings. The fraction of sp³-hybridized carbons (Fsp3) is 0.718. The number of hydrogen-bond acceptors (Lipinski definition) is 37. The Hall–Kier alpha value is -6.68. The molecule has 15 rings (SSSR count). The minimum atomic E-state index is -3.21. The lowest BCUT2D eigenvalue weighted by molar-refractivity contribution is -0.358. The highest BCUT2D eigenvalue weighted by Gasteiger charge is 2.82. The molecule has 15 N–H and O–H groups in total. The van der Waals surface area contributed by atoms with Gasteiger partial charge in [0.25, 0.3) is 0 Å². The maximum absolute atomic E-state index is 16.4. The van der Waals surface area contributed by atoms with Crippen LogP contribution in [0.3, 0.4) is 0 Å². The molecular weight excluding hydrogens is 1610 g/mol. The third-order valence-electron chi connectivity index (χ3n) is 28.3. The van der Waals surface area contributed by atoms with E-state index in [1.807, 2.05) is 0 Å². The molecule has 0 amide bonds. The Balaban J connectivity index is 0.798. The summed E-state index contributed by atoms with van der Waals surface area (Å²) in [4.78, 5) is 89.5. The third-order valence-corrected chi connectivity index (χ3v) is 28.3. The molecular formula is C85H112O37. The fourth-order valence-electron chi connectivity index (χ4n) is 21.7. The van der Waals surface area contributed by atoms with Crippen LogP contribution in [0.25, 0.3) is 16.3 Å². The number of methoxy groups -OCH3 is 3. The molecule has 0 spiro atoms. The summed E-state index contributed by atoms with van der Waals surface area (Å²) in [6.07, 6.45) is -35.1. The van der Waals surface area contributed by atoms with Crippen LogP contribution in [-0.4, -0.2) is 314 Å². The highest BCUT2D eigenvalue weighted by atomic mass is 16.8. The second-order valence-electron chi connectivity index (χ2n) is 35.1. The minimum absolute atomic E-state index is 0.0101. The first-order valence-corrected chi connectivity index (χ1v) is 42.0. The summed E-state index contributed by atoms with van der Waals surface area (Å²) in [7, 11) is 3.09. The van der Waals surface area contributed by atoms with Crippen molar-refractivity contribution in [2.24, 2.45) is 11.8 Å². The van der Waals surface area contributed by atoms with E-state index in [9.17, 15) is 86.2 Å². The number of ketones is 6. The Bertz CT molecular complexity index is 4640. The lowest BCUT2D eigenvalue weighted by Gasteiger charge is -2.60. The van der Waals surface area contributed by atoms with Crippen molar-refractivity contribution in [3.8, 4) is 34.5 Å². The van der Waals surface area contributed by atoms with Gasteiger partial charge in [-0.15, -0.1) is 0 Å². The van der Waals surface area contributed by atoms with Crippen molar-refractivity contribution in [3.05, 3.63) is 50.8 Å². The summed E-state index contributed by atoms with van der Waals surface area (Å²) >= 11 is 0. The average molecular weight is 1730 g/mol. The van der Waals surface area contributed by atoms with Crippen molar-refractivity contribution < 1.29 is 181 Å². The van der Waals surface area contributed by atoms with Gasteiger partial charge in [0.2, 0.25) is 23.1 Å². The predicted molar refractivity (Wildman–Crippen MR) is 412 cm³/mol. The van der Waals surface area contributed by atoms with Crippen molar-refractivity contribution >= 4 is 51.0 Å². The van der Waals surface area contributed by atoms with Crippen molar-refractivity contribution in [2.75, 3.05) is 21.3 Å². The maximum atomic E-state index is 16.4. The van der Waals surface area contributed by atoms with Gasteiger partial charge in [-0.2, -0.15) is 0 Å². The molecule has 2 saturated carbocycles. The van der Waals surface area contributed by atoms with Crippen LogP contribution in [-0.2, 0) is 82.3 Å². The van der Waals surface area contributed by atoms with Crippen LogP contribution in [0.5, 0.6) is 34.5 Å². The van der Waals surface area contributed by atoms with Crippen LogP contribution in [0, 0.1) is 11.8 Å². The van der Waals surface area contributed by atoms with E-state index in [0.29, 0.717) is 0 Å². The third kappa shape index (κ3) is 13.6. The number of hydrogen-bond donors (Lipinski definition) is 15. The Kier molecular flexibility index (Phi) is 24.3. The molecule has 674 valence electrons. The van der Waals surface area contributed by atoms with Gasteiger partial charge in [0.1, 0.15) is 82.0 Å². The fourth-order valence-corrected chi connectivity index (χ4v) is 21.7. The number of carbonyl (C=O) groups excluding carboxylic acids is 6. The van der Waals surface area contributed by atoms with E-state index in [2.05, 4.69) is 0 Å². The molecule has 7 saturated heterocycles. The first kappa shape index (κ1) is 90.1. The number of Topliss-reactive ketones (excluding diaryl/α,β-unsaturated/α-hetero) is 6. The molecule has 37 heteroatoms. The number of aliphatic hydroxyl groups is 11. The number of rotatable bonds is 22. The number of benzene rings is 3. The second-order valence-corrected chi connectivity index (χ2v) is 35.1. The Morgan fingerprint density at radius 1 is 0.484 bits per heavy atom. The van der Waals surface area contributed by atoms with Gasteiger partial charge < -0.3 is 152 Å². The summed E-state index contributed by atoms with van der Waals surface area (Å²) in [6.45, 7) is 15.1. The first-order chi connectivity index (χ1) is 57.5. The summed E-state index contributed by atoms with van der Waals surface area (Å²) in [5, 5.41) is 185. The number of ether oxygens (including phenoxy) is 16. The molecule has 0 radical (unpaired) electrons. The molecule has 0 aromatic heterocycles. The smallest absolute Gasteiger partial charge is 0.232 e. The van der Waals surface area contributed by atoms with E-state index in [1.54, 1.807) is 41.5 Å². The van der Waals surface area contributed by atoms with Crippen LogP contribution < -0.4 is 9.47 Å². The summed E-state index contributed by atoms with van der Waals surface area (Å²) in [5.74, 6) is -17.3. The largest absolute Gasteiger partial charge is 0.507 e. The van der Waals surface area contributed by atoms with Crippen LogP contribution in [0.2, 0.25) is 0 Å². The molecule has 37 nitrogen and oxygen atoms in total. The topological polar surface area (TPSA) is 554 Å². The number of carbonyl (C=O) groups is 6. The highest BCUT2D eigenvalue weighted by molar-refractivity contribution is 6.43. The number of allylic oxidation sites excluding steroid dienone is 2. The molecule has 122 heavy (non-hydrogen) atoms. The van der Waals surface area contributed by atoms with Crippen LogP contribution in [0.15, 0.2) is 11.8 Å². The predicted octanol–water partition coefficient (Wildman–Crippen LogP) is 2.40. The number of aromatic hydroxyl groups is 4.